The summed E-state index contributed by atoms with van der Waals surface area (Å²) in [4.78, 5) is 15.0. The molecular formula is C21H20F2N2OS2. The summed E-state index contributed by atoms with van der Waals surface area (Å²) in [6.07, 6.45) is 0. The topological polar surface area (TPSA) is 55.1 Å². The van der Waals surface area contributed by atoms with Crippen LogP contribution in [0.1, 0.15) is 26.8 Å². The molecule has 3 rings (SSSR count). The van der Waals surface area contributed by atoms with Gasteiger partial charge in [-0.2, -0.15) is 8.78 Å². The first kappa shape index (κ1) is 20.4. The third-order valence-corrected chi connectivity index (χ3v) is 5.95. The summed E-state index contributed by atoms with van der Waals surface area (Å²) in [5.74, 6) is -3.58. The predicted octanol–water partition coefficient (Wildman–Crippen LogP) is 5.60. The van der Waals surface area contributed by atoms with Gasteiger partial charge in [0.25, 0.3) is 5.76 Å². The van der Waals surface area contributed by atoms with Gasteiger partial charge in [0.05, 0.1) is 5.92 Å². The van der Waals surface area contributed by atoms with Crippen LogP contribution in [0.25, 0.3) is 0 Å². The van der Waals surface area contributed by atoms with Crippen molar-refractivity contribution < 1.29 is 13.6 Å². The van der Waals surface area contributed by atoms with Gasteiger partial charge in [0.15, 0.2) is 0 Å². The van der Waals surface area contributed by atoms with Crippen molar-refractivity contribution in [3.05, 3.63) is 81.5 Å². The van der Waals surface area contributed by atoms with Gasteiger partial charge in [0.1, 0.15) is 0 Å². The van der Waals surface area contributed by atoms with Gasteiger partial charge < -0.3 is 11.1 Å². The second-order valence-electron chi connectivity index (χ2n) is 6.27. The molecule has 0 aliphatic heterocycles. The number of hydrogen-bond acceptors (Lipinski definition) is 4. The number of rotatable bonds is 8. The van der Waals surface area contributed by atoms with E-state index in [4.69, 9.17) is 5.73 Å². The predicted molar refractivity (Wildman–Crippen MR) is 112 cm³/mol. The highest BCUT2D eigenvalue weighted by molar-refractivity contribution is 7.99. The van der Waals surface area contributed by atoms with Gasteiger partial charge in [-0.15, -0.1) is 11.3 Å². The molecule has 1 aromatic heterocycles. The highest BCUT2D eigenvalue weighted by Gasteiger charge is 2.20. The third-order valence-electron chi connectivity index (χ3n) is 4.23. The van der Waals surface area contributed by atoms with Crippen molar-refractivity contribution in [2.45, 2.75) is 30.0 Å². The van der Waals surface area contributed by atoms with E-state index in [1.54, 1.807) is 35.6 Å². The molecule has 0 saturated carbocycles. The molecule has 1 atom stereocenters. The number of aryl methyl sites for hydroxylation is 1. The molecule has 3 aromatic rings. The molecule has 3 N–H and O–H groups in total. The van der Waals surface area contributed by atoms with Gasteiger partial charge in [-0.05, 0) is 54.4 Å². The van der Waals surface area contributed by atoms with Crippen LogP contribution in [0.3, 0.4) is 0 Å². The molecule has 0 aliphatic carbocycles. The molecule has 3 nitrogen and oxygen atoms in total. The van der Waals surface area contributed by atoms with Crippen molar-refractivity contribution in [2.24, 2.45) is 5.73 Å². The third kappa shape index (κ3) is 5.33. The molecule has 1 amide bonds. The van der Waals surface area contributed by atoms with Crippen LogP contribution in [-0.4, -0.2) is 11.7 Å². The first-order valence-corrected chi connectivity index (χ1v) is 10.4. The summed E-state index contributed by atoms with van der Waals surface area (Å²) in [7, 11) is 0. The number of nitrogens with one attached hydrogen (secondary N) is 1. The van der Waals surface area contributed by atoms with Crippen LogP contribution in [0, 0.1) is 6.92 Å². The number of halogens is 2. The fraction of sp³-hybridized carbons (Fsp3) is 0.190. The number of anilines is 1. The Hall–Kier alpha value is -2.38. The lowest BCUT2D eigenvalue weighted by Gasteiger charge is -2.16. The van der Waals surface area contributed by atoms with Crippen molar-refractivity contribution in [3.63, 3.8) is 0 Å². The molecule has 28 heavy (non-hydrogen) atoms. The minimum Gasteiger partial charge on any atom is -0.380 e. The smallest absolute Gasteiger partial charge is 0.288 e. The molecule has 7 heteroatoms. The lowest BCUT2D eigenvalue weighted by Crippen LogP contribution is -2.22. The maximum absolute atomic E-state index is 12.5. The number of amides is 1. The van der Waals surface area contributed by atoms with Gasteiger partial charge >= 0.3 is 0 Å². The number of carbonyl (C=O) groups is 1. The van der Waals surface area contributed by atoms with Crippen LogP contribution in [-0.2, 0) is 11.3 Å². The van der Waals surface area contributed by atoms with E-state index in [1.807, 2.05) is 24.3 Å². The quantitative estimate of drug-likeness (QED) is 0.468. The van der Waals surface area contributed by atoms with Crippen molar-refractivity contribution >= 4 is 34.7 Å². The fourth-order valence-electron chi connectivity index (χ4n) is 2.93. The minimum absolute atomic E-state index is 0.449. The Morgan fingerprint density at radius 1 is 1.04 bits per heavy atom. The summed E-state index contributed by atoms with van der Waals surface area (Å²) in [6, 6.07) is 18.2. The molecule has 0 saturated heterocycles. The average molecular weight is 419 g/mol. The summed E-state index contributed by atoms with van der Waals surface area (Å²) in [5.41, 5.74) is 8.01. The summed E-state index contributed by atoms with van der Waals surface area (Å²) >= 11 is 2.22. The van der Waals surface area contributed by atoms with Crippen molar-refractivity contribution in [3.8, 4) is 0 Å². The normalized spacial score (nSPS) is 12.1. The van der Waals surface area contributed by atoms with Gasteiger partial charge in [0, 0.05) is 26.9 Å². The zero-order valence-corrected chi connectivity index (χ0v) is 16.8. The van der Waals surface area contributed by atoms with Gasteiger partial charge in [-0.3, -0.25) is 4.79 Å². The zero-order valence-electron chi connectivity index (χ0n) is 15.2. The summed E-state index contributed by atoms with van der Waals surface area (Å²) in [6.45, 7) is 2.81. The van der Waals surface area contributed by atoms with E-state index in [0.717, 1.165) is 17.8 Å². The number of carbonyl (C=O) groups excluding carboxylic acids is 1. The van der Waals surface area contributed by atoms with Gasteiger partial charge in [0.2, 0.25) is 5.91 Å². The number of benzene rings is 2. The van der Waals surface area contributed by atoms with Gasteiger partial charge in [-0.25, -0.2) is 0 Å². The molecule has 1 unspecified atom stereocenters. The van der Waals surface area contributed by atoms with Crippen LogP contribution >= 0.6 is 23.1 Å². The van der Waals surface area contributed by atoms with E-state index >= 15 is 0 Å². The maximum atomic E-state index is 12.5. The first-order valence-electron chi connectivity index (χ1n) is 8.65. The first-order chi connectivity index (χ1) is 13.4. The Bertz CT molecular complexity index is 924. The molecule has 146 valence electrons. The number of primary amides is 1. The molecule has 0 bridgehead atoms. The Kier molecular flexibility index (Phi) is 6.70. The lowest BCUT2D eigenvalue weighted by molar-refractivity contribution is -0.118. The zero-order chi connectivity index (χ0) is 20.1. The van der Waals surface area contributed by atoms with Gasteiger partial charge in [-0.1, -0.05) is 36.0 Å². The number of nitrogens with two attached hydrogens (primary N) is 1. The monoisotopic (exact) mass is 418 g/mol. The van der Waals surface area contributed by atoms with Crippen molar-refractivity contribution in [2.75, 3.05) is 5.32 Å². The molecule has 0 spiro atoms. The lowest BCUT2D eigenvalue weighted by atomic mass is 9.90. The Labute approximate surface area is 171 Å². The largest absolute Gasteiger partial charge is 0.380 e. The molecular weight excluding hydrogens is 398 g/mol. The van der Waals surface area contributed by atoms with Crippen LogP contribution in [0.5, 0.6) is 0 Å². The van der Waals surface area contributed by atoms with Crippen LogP contribution < -0.4 is 11.1 Å². The number of thiophene rings is 1. The van der Waals surface area contributed by atoms with E-state index in [2.05, 4.69) is 24.4 Å². The number of alkyl halides is 2. The second kappa shape index (κ2) is 9.21. The van der Waals surface area contributed by atoms with Crippen LogP contribution in [0.15, 0.2) is 65.6 Å². The molecule has 1 heterocycles. The number of hydrogen-bond donors (Lipinski definition) is 2. The summed E-state index contributed by atoms with van der Waals surface area (Å²) in [5, 5.41) is 3.36. The minimum atomic E-state index is -2.48. The highest BCUT2D eigenvalue weighted by atomic mass is 32.2. The van der Waals surface area contributed by atoms with E-state index in [1.165, 1.54) is 9.75 Å². The second-order valence-corrected chi connectivity index (χ2v) is 8.71. The Morgan fingerprint density at radius 2 is 1.64 bits per heavy atom. The van der Waals surface area contributed by atoms with E-state index in [-0.39, 0.29) is 0 Å². The van der Waals surface area contributed by atoms with E-state index in [9.17, 15) is 13.6 Å². The highest BCUT2D eigenvalue weighted by Crippen LogP contribution is 2.30. The van der Waals surface area contributed by atoms with Crippen molar-refractivity contribution in [1.82, 2.24) is 0 Å². The fourth-order valence-corrected chi connectivity index (χ4v) is 4.25. The molecule has 0 aliphatic rings. The summed E-state index contributed by atoms with van der Waals surface area (Å²) < 4.78 is 24.9. The van der Waals surface area contributed by atoms with Crippen molar-refractivity contribution in [1.29, 1.82) is 0 Å². The molecule has 2 aromatic carbocycles. The SMILES string of the molecule is Cc1ccc(CNc2ccc(C(C(N)=O)c3ccc(SC(F)F)cc3)cc2)s1. The number of thioether (sulfide) groups is 1. The Morgan fingerprint density at radius 3 is 2.14 bits per heavy atom. The van der Waals surface area contributed by atoms with E-state index < -0.39 is 17.6 Å². The van der Waals surface area contributed by atoms with Crippen LogP contribution in [0.4, 0.5) is 14.5 Å². The standard InChI is InChI=1S/C21H20F2N2OS2/c1-13-2-9-18(27-13)12-25-16-7-3-14(4-8-16)19(20(24)26)15-5-10-17(11-6-15)28-21(22)23/h2-11,19,21,25H,12H2,1H3,(H2,24,26). The molecule has 0 fully saturated rings. The van der Waals surface area contributed by atoms with E-state index in [0.29, 0.717) is 22.2 Å². The Balaban J connectivity index is 1.72. The molecule has 0 radical (unpaired) electrons. The average Bonchev–Trinajstić information content (AvgIpc) is 3.07. The van der Waals surface area contributed by atoms with Crippen LogP contribution in [0.2, 0.25) is 0 Å². The maximum Gasteiger partial charge on any atom is 0.288 e.